The van der Waals surface area contributed by atoms with Crippen LogP contribution in [0.4, 0.5) is 0 Å². The third-order valence-electron chi connectivity index (χ3n) is 1.70. The van der Waals surface area contributed by atoms with E-state index < -0.39 is 12.0 Å². The number of nitrogens with two attached hydrogens (primary N) is 1. The molecule has 0 aliphatic heterocycles. The van der Waals surface area contributed by atoms with Crippen LogP contribution in [-0.2, 0) is 9.53 Å². The van der Waals surface area contributed by atoms with E-state index in [1.54, 1.807) is 6.07 Å². The molecule has 0 saturated carbocycles. The van der Waals surface area contributed by atoms with Crippen LogP contribution >= 0.6 is 15.9 Å². The summed E-state index contributed by atoms with van der Waals surface area (Å²) in [6, 6.07) is 6.57. The Hall–Kier alpha value is -0.870. The van der Waals surface area contributed by atoms with Crippen molar-refractivity contribution < 1.29 is 9.53 Å². The molecule has 0 fully saturated rings. The Balaban J connectivity index is 2.95. The number of rotatable bonds is 2. The molecule has 13 heavy (non-hydrogen) atoms. The second kappa shape index (κ2) is 4.39. The van der Waals surface area contributed by atoms with Crippen LogP contribution in [0.5, 0.6) is 0 Å². The number of carbonyl (C=O) groups excluding carboxylic acids is 1. The van der Waals surface area contributed by atoms with Gasteiger partial charge in [-0.1, -0.05) is 34.1 Å². The Morgan fingerprint density at radius 3 is 2.69 bits per heavy atom. The summed E-state index contributed by atoms with van der Waals surface area (Å²) in [5.74, 6) is -0.438. The second-order valence-electron chi connectivity index (χ2n) is 2.52. The van der Waals surface area contributed by atoms with Gasteiger partial charge in [-0.2, -0.15) is 0 Å². The van der Waals surface area contributed by atoms with E-state index in [-0.39, 0.29) is 0 Å². The van der Waals surface area contributed by atoms with Crippen molar-refractivity contribution in [3.05, 3.63) is 34.3 Å². The average molecular weight is 244 g/mol. The van der Waals surface area contributed by atoms with Crippen molar-refractivity contribution in [1.82, 2.24) is 0 Å². The van der Waals surface area contributed by atoms with Crippen molar-refractivity contribution in [2.75, 3.05) is 7.11 Å². The van der Waals surface area contributed by atoms with Crippen LogP contribution in [0.25, 0.3) is 0 Å². The summed E-state index contributed by atoms with van der Waals surface area (Å²) in [5, 5.41) is 0. The maximum atomic E-state index is 11.1. The zero-order valence-electron chi connectivity index (χ0n) is 7.16. The highest BCUT2D eigenvalue weighted by molar-refractivity contribution is 9.10. The summed E-state index contributed by atoms with van der Waals surface area (Å²) in [6.07, 6.45) is 0. The maximum absolute atomic E-state index is 11.1. The van der Waals surface area contributed by atoms with Crippen LogP contribution in [0.1, 0.15) is 11.6 Å². The van der Waals surface area contributed by atoms with Gasteiger partial charge in [0, 0.05) is 4.47 Å². The number of hydrogen-bond donors (Lipinski definition) is 1. The second-order valence-corrected chi connectivity index (χ2v) is 3.38. The largest absolute Gasteiger partial charge is 0.468 e. The van der Waals surface area contributed by atoms with Gasteiger partial charge < -0.3 is 10.5 Å². The molecule has 0 heterocycles. The van der Waals surface area contributed by atoms with E-state index in [9.17, 15) is 4.79 Å². The number of esters is 1. The molecule has 0 bridgehead atoms. The number of ether oxygens (including phenoxy) is 1. The van der Waals surface area contributed by atoms with E-state index in [4.69, 9.17) is 5.73 Å². The normalized spacial score (nSPS) is 12.2. The molecule has 0 amide bonds. The van der Waals surface area contributed by atoms with Crippen LogP contribution in [0.2, 0.25) is 0 Å². The predicted molar refractivity (Wildman–Crippen MR) is 53.1 cm³/mol. The molecule has 4 heteroatoms. The summed E-state index contributed by atoms with van der Waals surface area (Å²) in [6.45, 7) is 0. The van der Waals surface area contributed by atoms with Crippen molar-refractivity contribution in [2.24, 2.45) is 5.73 Å². The Morgan fingerprint density at radius 2 is 2.15 bits per heavy atom. The lowest BCUT2D eigenvalue weighted by Gasteiger charge is -2.10. The van der Waals surface area contributed by atoms with Gasteiger partial charge in [0.25, 0.3) is 0 Å². The zero-order chi connectivity index (χ0) is 9.84. The maximum Gasteiger partial charge on any atom is 0.327 e. The molecule has 1 aromatic carbocycles. The number of hydrogen-bond acceptors (Lipinski definition) is 3. The van der Waals surface area contributed by atoms with Gasteiger partial charge in [0.2, 0.25) is 0 Å². The molecule has 3 nitrogen and oxygen atoms in total. The summed E-state index contributed by atoms with van der Waals surface area (Å²) < 4.78 is 5.35. The fourth-order valence-corrected chi connectivity index (χ4v) is 1.51. The standard InChI is InChI=1S/C9H10BrNO2/c1-13-9(12)8(11)6-4-2-3-5-7(6)10/h2-5,8H,11H2,1H3. The third-order valence-corrected chi connectivity index (χ3v) is 2.42. The first-order chi connectivity index (χ1) is 6.16. The molecule has 70 valence electrons. The van der Waals surface area contributed by atoms with Gasteiger partial charge in [-0.05, 0) is 11.6 Å². The quantitative estimate of drug-likeness (QED) is 0.804. The topological polar surface area (TPSA) is 52.3 Å². The van der Waals surface area contributed by atoms with E-state index in [0.717, 1.165) is 10.0 Å². The molecular formula is C9H10BrNO2. The van der Waals surface area contributed by atoms with Crippen LogP contribution in [0.15, 0.2) is 28.7 Å². The summed E-state index contributed by atoms with van der Waals surface area (Å²) in [5.41, 5.74) is 6.38. The van der Waals surface area contributed by atoms with Gasteiger partial charge in [0.05, 0.1) is 7.11 Å². The van der Waals surface area contributed by atoms with Gasteiger partial charge in [-0.3, -0.25) is 4.79 Å². The fraction of sp³-hybridized carbons (Fsp3) is 0.222. The van der Waals surface area contributed by atoms with Crippen molar-refractivity contribution in [3.8, 4) is 0 Å². The number of halogens is 1. The van der Waals surface area contributed by atoms with Gasteiger partial charge in [0.1, 0.15) is 6.04 Å². The van der Waals surface area contributed by atoms with Crippen molar-refractivity contribution in [1.29, 1.82) is 0 Å². The monoisotopic (exact) mass is 243 g/mol. The number of carbonyl (C=O) groups is 1. The highest BCUT2D eigenvalue weighted by Crippen LogP contribution is 2.21. The average Bonchev–Trinajstić information content (AvgIpc) is 2.16. The lowest BCUT2D eigenvalue weighted by atomic mass is 10.1. The van der Waals surface area contributed by atoms with E-state index in [0.29, 0.717) is 0 Å². The predicted octanol–water partition coefficient (Wildman–Crippen LogP) is 1.62. The van der Waals surface area contributed by atoms with Gasteiger partial charge in [-0.15, -0.1) is 0 Å². The number of benzene rings is 1. The van der Waals surface area contributed by atoms with Crippen LogP contribution in [0.3, 0.4) is 0 Å². The zero-order valence-corrected chi connectivity index (χ0v) is 8.74. The lowest BCUT2D eigenvalue weighted by molar-refractivity contribution is -0.142. The molecular weight excluding hydrogens is 234 g/mol. The fourth-order valence-electron chi connectivity index (χ4n) is 0.981. The minimum atomic E-state index is -0.722. The van der Waals surface area contributed by atoms with Gasteiger partial charge in [-0.25, -0.2) is 0 Å². The van der Waals surface area contributed by atoms with Crippen LogP contribution in [-0.4, -0.2) is 13.1 Å². The van der Waals surface area contributed by atoms with E-state index in [1.807, 2.05) is 18.2 Å². The molecule has 1 aromatic rings. The van der Waals surface area contributed by atoms with Crippen LogP contribution in [0, 0.1) is 0 Å². The summed E-state index contributed by atoms with van der Waals surface area (Å²) >= 11 is 3.31. The molecule has 1 rings (SSSR count). The minimum absolute atomic E-state index is 0.438. The smallest absolute Gasteiger partial charge is 0.327 e. The molecule has 1 atom stereocenters. The molecule has 0 aliphatic rings. The first-order valence-electron chi connectivity index (χ1n) is 3.74. The highest BCUT2D eigenvalue weighted by atomic mass is 79.9. The molecule has 0 spiro atoms. The summed E-state index contributed by atoms with van der Waals surface area (Å²) in [7, 11) is 1.32. The van der Waals surface area contributed by atoms with E-state index in [1.165, 1.54) is 7.11 Å². The van der Waals surface area contributed by atoms with Crippen LogP contribution < -0.4 is 5.73 Å². The molecule has 0 radical (unpaired) electrons. The Kier molecular flexibility index (Phi) is 3.45. The SMILES string of the molecule is COC(=O)C(N)c1ccccc1Br. The van der Waals surface area contributed by atoms with Crippen molar-refractivity contribution >= 4 is 21.9 Å². The van der Waals surface area contributed by atoms with E-state index in [2.05, 4.69) is 20.7 Å². The molecule has 0 aliphatic carbocycles. The Morgan fingerprint density at radius 1 is 1.54 bits per heavy atom. The third kappa shape index (κ3) is 2.29. The molecule has 2 N–H and O–H groups in total. The van der Waals surface area contributed by atoms with Gasteiger partial charge >= 0.3 is 5.97 Å². The van der Waals surface area contributed by atoms with Crippen molar-refractivity contribution in [3.63, 3.8) is 0 Å². The van der Waals surface area contributed by atoms with Gasteiger partial charge in [0.15, 0.2) is 0 Å². The summed E-state index contributed by atoms with van der Waals surface area (Å²) in [4.78, 5) is 11.1. The molecule has 1 unspecified atom stereocenters. The first kappa shape index (κ1) is 10.2. The first-order valence-corrected chi connectivity index (χ1v) is 4.54. The Labute approximate surface area is 85.0 Å². The van der Waals surface area contributed by atoms with E-state index >= 15 is 0 Å². The molecule has 0 saturated heterocycles. The highest BCUT2D eigenvalue weighted by Gasteiger charge is 2.17. The molecule has 0 aromatic heterocycles. The Bertz CT molecular complexity index is 314. The lowest BCUT2D eigenvalue weighted by Crippen LogP contribution is -2.22. The van der Waals surface area contributed by atoms with Crippen molar-refractivity contribution in [2.45, 2.75) is 6.04 Å². The number of methoxy groups -OCH3 is 1. The minimum Gasteiger partial charge on any atom is -0.468 e.